The Bertz CT molecular complexity index is 1670. The SMILES string of the molecule is CCC(C)CCCCCCCCCCC(=O)O[C@H](COC(=O)CCCCCCCCCCC(C)C)COP(=O)(O)OCC(O)COP(=O)(O)OC[C@@H](COC(=O)CCCCCCCCC(C)CC)OC(=O)CCCCCCCCC(C)CC. The number of esters is 4. The lowest BCUT2D eigenvalue weighted by Gasteiger charge is -2.21. The molecule has 0 heterocycles. The fourth-order valence-electron chi connectivity index (χ4n) is 9.33. The van der Waals surface area contributed by atoms with E-state index in [9.17, 15) is 43.2 Å². The zero-order valence-corrected chi connectivity index (χ0v) is 55.6. The average molecular weight is 1230 g/mol. The second-order valence-electron chi connectivity index (χ2n) is 24.4. The van der Waals surface area contributed by atoms with Gasteiger partial charge in [-0.2, -0.15) is 0 Å². The number of carbonyl (C=O) groups is 4. The topological polar surface area (TPSA) is 237 Å². The van der Waals surface area contributed by atoms with Crippen LogP contribution >= 0.6 is 15.6 Å². The van der Waals surface area contributed by atoms with Crippen LogP contribution in [0.1, 0.15) is 306 Å². The molecule has 0 spiro atoms. The van der Waals surface area contributed by atoms with Crippen molar-refractivity contribution in [3.63, 3.8) is 0 Å². The Hall–Kier alpha value is -1.94. The van der Waals surface area contributed by atoms with Crippen molar-refractivity contribution in [2.45, 2.75) is 324 Å². The van der Waals surface area contributed by atoms with Crippen molar-refractivity contribution in [2.75, 3.05) is 39.6 Å². The molecule has 0 aliphatic carbocycles. The van der Waals surface area contributed by atoms with Gasteiger partial charge in [0.15, 0.2) is 12.2 Å². The fraction of sp³-hybridized carbons (Fsp3) is 0.938. The molecule has 0 aliphatic rings. The van der Waals surface area contributed by atoms with Gasteiger partial charge in [-0.1, -0.05) is 254 Å². The molecule has 3 N–H and O–H groups in total. The minimum Gasteiger partial charge on any atom is -0.462 e. The number of ether oxygens (including phenoxy) is 4. The highest BCUT2D eigenvalue weighted by molar-refractivity contribution is 7.47. The maximum Gasteiger partial charge on any atom is 0.472 e. The summed E-state index contributed by atoms with van der Waals surface area (Å²) in [5.41, 5.74) is 0. The minimum atomic E-state index is -4.95. The minimum absolute atomic E-state index is 0.101. The lowest BCUT2D eigenvalue weighted by molar-refractivity contribution is -0.161. The number of aliphatic hydroxyl groups is 1. The molecule has 0 bridgehead atoms. The molecule has 6 unspecified atom stereocenters. The zero-order valence-electron chi connectivity index (χ0n) is 53.8. The van der Waals surface area contributed by atoms with Gasteiger partial charge in [-0.15, -0.1) is 0 Å². The van der Waals surface area contributed by atoms with Crippen LogP contribution in [-0.4, -0.2) is 96.7 Å². The molecule has 0 radical (unpaired) electrons. The summed E-state index contributed by atoms with van der Waals surface area (Å²) in [6, 6.07) is 0. The van der Waals surface area contributed by atoms with E-state index in [1.807, 2.05) is 0 Å². The van der Waals surface area contributed by atoms with Gasteiger partial charge in [0.2, 0.25) is 0 Å². The number of hydrogen-bond donors (Lipinski definition) is 3. The van der Waals surface area contributed by atoms with Crippen LogP contribution in [0.3, 0.4) is 0 Å². The van der Waals surface area contributed by atoms with Gasteiger partial charge >= 0.3 is 39.5 Å². The van der Waals surface area contributed by atoms with E-state index in [2.05, 4.69) is 55.4 Å². The maximum absolute atomic E-state index is 13.0. The normalized spacial score (nSPS) is 15.4. The molecule has 19 heteroatoms. The first-order valence-corrected chi connectivity index (χ1v) is 36.3. The summed E-state index contributed by atoms with van der Waals surface area (Å²) in [7, 11) is -9.89. The highest BCUT2D eigenvalue weighted by Gasteiger charge is 2.30. The standard InChI is InChI=1S/C64H124O17P2/c1-9-55(6)41-33-25-17-13-15-19-30-38-46-63(68)80-59(50-74-61(66)44-36-28-18-14-12-16-24-32-40-54(4)5)52-78-82(70,71)76-48-58(65)49-77-83(72,73)79-53-60(81-64(69)47-39-31-23-21-27-35-43-57(8)11-3)51-75-62(67)45-37-29-22-20-26-34-42-56(7)10-2/h54-60,65H,9-53H2,1-8H3,(H,70,71)(H,72,73)/t55?,56?,57?,58?,59-,60-/m1/s1. The van der Waals surface area contributed by atoms with Crippen molar-refractivity contribution in [1.29, 1.82) is 0 Å². The maximum atomic E-state index is 13.0. The van der Waals surface area contributed by atoms with E-state index in [0.717, 1.165) is 120 Å². The lowest BCUT2D eigenvalue weighted by Crippen LogP contribution is -2.30. The van der Waals surface area contributed by atoms with Crippen LogP contribution in [-0.2, 0) is 65.4 Å². The van der Waals surface area contributed by atoms with Gasteiger partial charge in [0.1, 0.15) is 19.3 Å². The Balaban J connectivity index is 5.27. The third kappa shape index (κ3) is 55.1. The molecule has 0 saturated heterocycles. The quantitative estimate of drug-likeness (QED) is 0.0222. The Morgan fingerprint density at radius 2 is 0.578 bits per heavy atom. The van der Waals surface area contributed by atoms with Crippen LogP contribution < -0.4 is 0 Å². The highest BCUT2D eigenvalue weighted by Crippen LogP contribution is 2.45. The molecule has 0 aromatic heterocycles. The van der Waals surface area contributed by atoms with Crippen molar-refractivity contribution in [3.05, 3.63) is 0 Å². The van der Waals surface area contributed by atoms with Crippen LogP contribution in [0.5, 0.6) is 0 Å². The Kier molecular flexibility index (Phi) is 53.0. The summed E-state index contributed by atoms with van der Waals surface area (Å²) in [6.45, 7) is 14.0. The van der Waals surface area contributed by atoms with Crippen molar-refractivity contribution in [3.8, 4) is 0 Å². The van der Waals surface area contributed by atoms with Crippen molar-refractivity contribution < 1.29 is 80.2 Å². The van der Waals surface area contributed by atoms with Crippen molar-refractivity contribution in [2.24, 2.45) is 23.7 Å². The summed E-state index contributed by atoms with van der Waals surface area (Å²) in [5, 5.41) is 10.5. The molecule has 17 nitrogen and oxygen atoms in total. The summed E-state index contributed by atoms with van der Waals surface area (Å²) in [5.74, 6) is 0.804. The summed E-state index contributed by atoms with van der Waals surface area (Å²) in [4.78, 5) is 72.2. The van der Waals surface area contributed by atoms with Gasteiger partial charge in [0.05, 0.1) is 26.4 Å². The van der Waals surface area contributed by atoms with Gasteiger partial charge in [0.25, 0.3) is 0 Å². The first-order valence-electron chi connectivity index (χ1n) is 33.3. The van der Waals surface area contributed by atoms with E-state index in [1.54, 1.807) is 0 Å². The second-order valence-corrected chi connectivity index (χ2v) is 27.3. The second kappa shape index (κ2) is 54.2. The van der Waals surface area contributed by atoms with E-state index >= 15 is 0 Å². The van der Waals surface area contributed by atoms with Gasteiger partial charge in [-0.25, -0.2) is 9.13 Å². The molecule has 0 rings (SSSR count). The number of rotatable bonds is 61. The number of carbonyl (C=O) groups excluding carboxylic acids is 4. The smallest absolute Gasteiger partial charge is 0.462 e. The van der Waals surface area contributed by atoms with E-state index in [-0.39, 0.29) is 25.7 Å². The average Bonchev–Trinajstić information content (AvgIpc) is 3.46. The molecular weight excluding hydrogens is 1100 g/mol. The van der Waals surface area contributed by atoms with Crippen LogP contribution in [0.15, 0.2) is 0 Å². The highest BCUT2D eigenvalue weighted by atomic mass is 31.2. The summed E-state index contributed by atoms with van der Waals surface area (Å²) >= 11 is 0. The van der Waals surface area contributed by atoms with Crippen LogP contribution in [0.4, 0.5) is 0 Å². The predicted molar refractivity (Wildman–Crippen MR) is 331 cm³/mol. The third-order valence-corrected chi connectivity index (χ3v) is 17.6. The number of phosphoric ester groups is 2. The summed E-state index contributed by atoms with van der Waals surface area (Å²) in [6.07, 6.45) is 33.5. The Morgan fingerprint density at radius 3 is 0.855 bits per heavy atom. The molecule has 0 amide bonds. The molecule has 8 atom stereocenters. The van der Waals surface area contributed by atoms with Crippen LogP contribution in [0.25, 0.3) is 0 Å². The van der Waals surface area contributed by atoms with Gasteiger partial charge in [0, 0.05) is 25.7 Å². The first kappa shape index (κ1) is 81.1. The van der Waals surface area contributed by atoms with Gasteiger partial charge in [-0.05, 0) is 49.4 Å². The monoisotopic (exact) mass is 1230 g/mol. The first-order chi connectivity index (χ1) is 39.7. The zero-order chi connectivity index (χ0) is 61.8. The summed E-state index contributed by atoms with van der Waals surface area (Å²) < 4.78 is 68.0. The molecule has 0 aromatic carbocycles. The number of aliphatic hydroxyl groups excluding tert-OH is 1. The molecule has 83 heavy (non-hydrogen) atoms. The Morgan fingerprint density at radius 1 is 0.337 bits per heavy atom. The van der Waals surface area contributed by atoms with Gasteiger partial charge in [-0.3, -0.25) is 37.3 Å². The molecular formula is C64H124O17P2. The van der Waals surface area contributed by atoms with E-state index in [1.165, 1.54) is 103 Å². The van der Waals surface area contributed by atoms with E-state index in [0.29, 0.717) is 25.7 Å². The number of phosphoric acid groups is 2. The van der Waals surface area contributed by atoms with Crippen molar-refractivity contribution in [1.82, 2.24) is 0 Å². The van der Waals surface area contributed by atoms with E-state index < -0.39 is 97.5 Å². The third-order valence-electron chi connectivity index (χ3n) is 15.7. The van der Waals surface area contributed by atoms with Crippen LogP contribution in [0.2, 0.25) is 0 Å². The van der Waals surface area contributed by atoms with E-state index in [4.69, 9.17) is 37.0 Å². The Labute approximate surface area is 505 Å². The molecule has 0 fully saturated rings. The molecule has 0 aliphatic heterocycles. The largest absolute Gasteiger partial charge is 0.472 e. The molecule has 0 saturated carbocycles. The number of hydrogen-bond acceptors (Lipinski definition) is 15. The predicted octanol–water partition coefficient (Wildman–Crippen LogP) is 17.4. The number of unbranched alkanes of at least 4 members (excludes halogenated alkanes) is 24. The van der Waals surface area contributed by atoms with Gasteiger partial charge < -0.3 is 33.8 Å². The lowest BCUT2D eigenvalue weighted by atomic mass is 9.99. The van der Waals surface area contributed by atoms with Crippen molar-refractivity contribution >= 4 is 39.5 Å². The molecule has 0 aromatic rings. The van der Waals surface area contributed by atoms with Crippen LogP contribution in [0, 0.1) is 23.7 Å². The molecule has 492 valence electrons. The fourth-order valence-corrected chi connectivity index (χ4v) is 10.9.